The fraction of sp³-hybridized carbons (Fsp3) is 0.421. The monoisotopic (exact) mass is 346 g/mol. The van der Waals surface area contributed by atoms with Crippen LogP contribution in [0.4, 0.5) is 4.39 Å². The molecule has 2 heterocycles. The third-order valence-electron chi connectivity index (χ3n) is 4.57. The quantitative estimate of drug-likeness (QED) is 0.774. The largest absolute Gasteiger partial charge is 0.308 e. The highest BCUT2D eigenvalue weighted by Gasteiger charge is 2.24. The van der Waals surface area contributed by atoms with Gasteiger partial charge in [-0.25, -0.2) is 4.39 Å². The van der Waals surface area contributed by atoms with Gasteiger partial charge in [0.25, 0.3) is 0 Å². The van der Waals surface area contributed by atoms with Gasteiger partial charge < -0.3 is 5.32 Å². The summed E-state index contributed by atoms with van der Waals surface area (Å²) in [5.74, 6) is -0.394. The summed E-state index contributed by atoms with van der Waals surface area (Å²) in [6.07, 6.45) is 2.48. The minimum absolute atomic E-state index is 0.0692. The molecule has 5 heteroatoms. The number of hydrogen-bond donors (Lipinski definition) is 1. The van der Waals surface area contributed by atoms with Gasteiger partial charge in [0.1, 0.15) is 5.82 Å². The van der Waals surface area contributed by atoms with E-state index in [0.29, 0.717) is 17.2 Å². The number of thiophene rings is 1. The number of carbonyl (C=O) groups is 1. The van der Waals surface area contributed by atoms with E-state index < -0.39 is 0 Å². The predicted molar refractivity (Wildman–Crippen MR) is 96.2 cm³/mol. The zero-order valence-corrected chi connectivity index (χ0v) is 14.7. The number of hydrogen-bond acceptors (Lipinski definition) is 4. The van der Waals surface area contributed by atoms with Crippen LogP contribution in [0.5, 0.6) is 0 Å². The summed E-state index contributed by atoms with van der Waals surface area (Å²) in [4.78, 5) is 16.1. The minimum Gasteiger partial charge on any atom is -0.308 e. The summed E-state index contributed by atoms with van der Waals surface area (Å²) in [5.41, 5.74) is 0.991. The lowest BCUT2D eigenvalue weighted by Gasteiger charge is -2.27. The lowest BCUT2D eigenvalue weighted by atomic mass is 10.1. The van der Waals surface area contributed by atoms with Crippen molar-refractivity contribution in [2.75, 3.05) is 26.2 Å². The second-order valence-corrected chi connectivity index (χ2v) is 7.27. The van der Waals surface area contributed by atoms with E-state index >= 15 is 0 Å². The van der Waals surface area contributed by atoms with Gasteiger partial charge in [-0.3, -0.25) is 9.69 Å². The number of ketones is 1. The summed E-state index contributed by atoms with van der Waals surface area (Å²) in [5, 5.41) is 5.37. The molecule has 3 rings (SSSR count). The van der Waals surface area contributed by atoms with Crippen LogP contribution in [0.2, 0.25) is 0 Å². The molecule has 0 amide bonds. The van der Waals surface area contributed by atoms with Crippen molar-refractivity contribution in [1.82, 2.24) is 10.2 Å². The van der Waals surface area contributed by atoms with Crippen LogP contribution >= 0.6 is 11.3 Å². The molecule has 1 aromatic heterocycles. The molecule has 1 unspecified atom stereocenters. The summed E-state index contributed by atoms with van der Waals surface area (Å²) in [6.45, 7) is 4.89. The average molecular weight is 346 g/mol. The first-order valence-electron chi connectivity index (χ1n) is 8.42. The van der Waals surface area contributed by atoms with Gasteiger partial charge >= 0.3 is 0 Å². The van der Waals surface area contributed by atoms with Crippen molar-refractivity contribution >= 4 is 17.1 Å². The first-order chi connectivity index (χ1) is 11.6. The van der Waals surface area contributed by atoms with Crippen LogP contribution in [0.1, 0.15) is 39.7 Å². The van der Waals surface area contributed by atoms with Crippen molar-refractivity contribution < 1.29 is 9.18 Å². The number of aryl methyl sites for hydroxylation is 1. The maximum Gasteiger partial charge on any atom is 0.176 e. The number of likely N-dealkylation sites (tertiary alicyclic amines) is 1. The zero-order chi connectivity index (χ0) is 16.9. The molecule has 3 nitrogen and oxygen atoms in total. The number of benzene rings is 1. The maximum atomic E-state index is 13.6. The lowest BCUT2D eigenvalue weighted by Crippen LogP contribution is -2.35. The molecule has 1 saturated heterocycles. The van der Waals surface area contributed by atoms with Crippen LogP contribution in [0, 0.1) is 12.7 Å². The third kappa shape index (κ3) is 4.09. The van der Waals surface area contributed by atoms with Crippen molar-refractivity contribution in [2.24, 2.45) is 0 Å². The minimum atomic E-state index is -0.325. The smallest absolute Gasteiger partial charge is 0.176 e. The summed E-state index contributed by atoms with van der Waals surface area (Å²) in [6, 6.07) is 9.22. The second kappa shape index (κ2) is 8.01. The van der Waals surface area contributed by atoms with E-state index in [1.807, 2.05) is 0 Å². The molecule has 0 radical (unpaired) electrons. The standard InChI is InChI=1S/C19H23FN2OS/c1-14-6-7-15(11-16(14)20)18(23)13-21-12-17(19-5-4-10-24-19)22-8-2-3-9-22/h4-7,10-11,17,21H,2-3,8-9,12-13H2,1H3. The topological polar surface area (TPSA) is 32.3 Å². The predicted octanol–water partition coefficient (Wildman–Crippen LogP) is 3.81. The Labute approximate surface area is 146 Å². The molecule has 0 bridgehead atoms. The fourth-order valence-electron chi connectivity index (χ4n) is 3.13. The van der Waals surface area contributed by atoms with Gasteiger partial charge in [0.15, 0.2) is 5.78 Å². The van der Waals surface area contributed by atoms with Crippen LogP contribution in [0.3, 0.4) is 0 Å². The van der Waals surface area contributed by atoms with Crippen LogP contribution in [0.25, 0.3) is 0 Å². The second-order valence-electron chi connectivity index (χ2n) is 6.29. The van der Waals surface area contributed by atoms with Crippen molar-refractivity contribution in [3.63, 3.8) is 0 Å². The molecular formula is C19H23FN2OS. The molecule has 2 aromatic rings. The molecule has 1 aromatic carbocycles. The fourth-order valence-corrected chi connectivity index (χ4v) is 4.00. The SMILES string of the molecule is Cc1ccc(C(=O)CNCC(c2cccs2)N2CCCC2)cc1F. The summed E-state index contributed by atoms with van der Waals surface area (Å²) in [7, 11) is 0. The highest BCUT2D eigenvalue weighted by Crippen LogP contribution is 2.27. The van der Waals surface area contributed by atoms with Gasteiger partial charge in [0.05, 0.1) is 12.6 Å². The van der Waals surface area contributed by atoms with E-state index in [9.17, 15) is 9.18 Å². The van der Waals surface area contributed by atoms with E-state index in [0.717, 1.165) is 19.6 Å². The van der Waals surface area contributed by atoms with Crippen LogP contribution in [-0.2, 0) is 0 Å². The van der Waals surface area contributed by atoms with Crippen molar-refractivity contribution in [1.29, 1.82) is 0 Å². The summed E-state index contributed by atoms with van der Waals surface area (Å²) >= 11 is 1.76. The normalized spacial score (nSPS) is 16.4. The Balaban J connectivity index is 1.58. The van der Waals surface area contributed by atoms with Gasteiger partial charge in [-0.15, -0.1) is 11.3 Å². The first-order valence-corrected chi connectivity index (χ1v) is 9.30. The number of Topliss-reactive ketones (excluding diaryl/α,β-unsaturated/α-hetero) is 1. The molecular weight excluding hydrogens is 323 g/mol. The molecule has 1 atom stereocenters. The maximum absolute atomic E-state index is 13.6. The van der Waals surface area contributed by atoms with Crippen molar-refractivity contribution in [3.05, 3.63) is 57.5 Å². The van der Waals surface area contributed by atoms with E-state index in [4.69, 9.17) is 0 Å². The van der Waals surface area contributed by atoms with Gasteiger partial charge in [-0.1, -0.05) is 18.2 Å². The van der Waals surface area contributed by atoms with E-state index in [1.165, 1.54) is 23.8 Å². The Hall–Kier alpha value is -1.56. The van der Waals surface area contributed by atoms with E-state index in [-0.39, 0.29) is 18.1 Å². The molecule has 0 spiro atoms. The number of halogens is 1. The Morgan fingerprint density at radius 1 is 1.33 bits per heavy atom. The highest BCUT2D eigenvalue weighted by molar-refractivity contribution is 7.10. The van der Waals surface area contributed by atoms with E-state index in [1.54, 1.807) is 30.4 Å². The Morgan fingerprint density at radius 2 is 2.12 bits per heavy atom. The van der Waals surface area contributed by atoms with Gasteiger partial charge in [0, 0.05) is 17.0 Å². The van der Waals surface area contributed by atoms with Crippen LogP contribution in [0.15, 0.2) is 35.7 Å². The molecule has 128 valence electrons. The van der Waals surface area contributed by atoms with Gasteiger partial charge in [-0.2, -0.15) is 0 Å². The van der Waals surface area contributed by atoms with Crippen molar-refractivity contribution in [2.45, 2.75) is 25.8 Å². The molecule has 1 N–H and O–H groups in total. The molecule has 0 saturated carbocycles. The third-order valence-corrected chi connectivity index (χ3v) is 5.54. The summed E-state index contributed by atoms with van der Waals surface area (Å²) < 4.78 is 13.6. The number of nitrogens with one attached hydrogen (secondary N) is 1. The van der Waals surface area contributed by atoms with Crippen LogP contribution in [-0.4, -0.2) is 36.9 Å². The molecule has 0 aliphatic carbocycles. The molecule has 1 aliphatic heterocycles. The Bertz CT molecular complexity index is 681. The number of nitrogens with zero attached hydrogens (tertiary/aromatic N) is 1. The molecule has 1 aliphatic rings. The highest BCUT2D eigenvalue weighted by atomic mass is 32.1. The van der Waals surface area contributed by atoms with Crippen LogP contribution < -0.4 is 5.32 Å². The molecule has 1 fully saturated rings. The first kappa shape index (κ1) is 17.3. The lowest BCUT2D eigenvalue weighted by molar-refractivity contribution is 0.0987. The Morgan fingerprint density at radius 3 is 2.79 bits per heavy atom. The number of carbonyl (C=O) groups excluding carboxylic acids is 1. The zero-order valence-electron chi connectivity index (χ0n) is 13.9. The van der Waals surface area contributed by atoms with Gasteiger partial charge in [-0.05, 0) is 55.9 Å². The molecule has 24 heavy (non-hydrogen) atoms. The number of rotatable bonds is 7. The average Bonchev–Trinajstić information content (AvgIpc) is 3.27. The van der Waals surface area contributed by atoms with Gasteiger partial charge in [0.2, 0.25) is 0 Å². The van der Waals surface area contributed by atoms with E-state index in [2.05, 4.69) is 27.7 Å². The Kier molecular flexibility index (Phi) is 5.76. The van der Waals surface area contributed by atoms with Crippen molar-refractivity contribution in [3.8, 4) is 0 Å².